The molecule has 1 N–H and O–H groups in total. The Morgan fingerprint density at radius 2 is 1.94 bits per heavy atom. The highest BCUT2D eigenvalue weighted by atomic mass is 16.5. The number of rotatable bonds is 3. The van der Waals surface area contributed by atoms with E-state index in [1.54, 1.807) is 0 Å². The van der Waals surface area contributed by atoms with Gasteiger partial charge in [0, 0.05) is 13.1 Å². The van der Waals surface area contributed by atoms with Crippen LogP contribution in [-0.4, -0.2) is 30.4 Å². The first-order valence-corrected chi connectivity index (χ1v) is 6.38. The second-order valence-electron chi connectivity index (χ2n) is 4.33. The van der Waals surface area contributed by atoms with Crippen LogP contribution in [0.25, 0.3) is 0 Å². The van der Waals surface area contributed by atoms with Crippen LogP contribution in [0.15, 0.2) is 24.3 Å². The maximum Gasteiger partial charge on any atom is 0.131 e. The number of nitrogens with zero attached hydrogens (tertiary/aromatic N) is 1. The van der Waals surface area contributed by atoms with Crippen LogP contribution in [0.2, 0.25) is 0 Å². The van der Waals surface area contributed by atoms with E-state index in [4.69, 9.17) is 10.1 Å². The molecule has 0 atom stereocenters. The molecule has 0 bridgehead atoms. The van der Waals surface area contributed by atoms with Gasteiger partial charge in [0.2, 0.25) is 0 Å². The second-order valence-corrected chi connectivity index (χ2v) is 4.33. The largest absolute Gasteiger partial charge is 0.493 e. The standard InChI is InChI=1S/C14H20N2O/c1-2-17-13-9-5-4-8-12(13)14(15)16-10-6-3-7-11-16/h4-5,8-9,15H,2-3,6-7,10-11H2,1H3. The first kappa shape index (κ1) is 12.0. The van der Waals surface area contributed by atoms with Crippen molar-refractivity contribution in [2.75, 3.05) is 19.7 Å². The lowest BCUT2D eigenvalue weighted by Crippen LogP contribution is -2.35. The molecule has 0 saturated carbocycles. The van der Waals surface area contributed by atoms with Gasteiger partial charge in [-0.1, -0.05) is 12.1 Å². The van der Waals surface area contributed by atoms with E-state index in [9.17, 15) is 0 Å². The normalized spacial score (nSPS) is 15.7. The molecule has 0 radical (unpaired) electrons. The minimum Gasteiger partial charge on any atom is -0.493 e. The van der Waals surface area contributed by atoms with E-state index in [1.165, 1.54) is 19.3 Å². The van der Waals surface area contributed by atoms with Gasteiger partial charge in [-0.2, -0.15) is 0 Å². The molecule has 92 valence electrons. The number of para-hydroxylation sites is 1. The summed E-state index contributed by atoms with van der Waals surface area (Å²) in [5.74, 6) is 1.43. The summed E-state index contributed by atoms with van der Waals surface area (Å²) >= 11 is 0. The monoisotopic (exact) mass is 232 g/mol. The zero-order chi connectivity index (χ0) is 12.1. The molecular weight excluding hydrogens is 212 g/mol. The summed E-state index contributed by atoms with van der Waals surface area (Å²) in [5, 5.41) is 8.29. The zero-order valence-corrected chi connectivity index (χ0v) is 10.4. The number of hydrogen-bond donors (Lipinski definition) is 1. The van der Waals surface area contributed by atoms with E-state index in [0.717, 1.165) is 24.4 Å². The summed E-state index contributed by atoms with van der Waals surface area (Å²) in [6.07, 6.45) is 3.68. The van der Waals surface area contributed by atoms with Gasteiger partial charge in [-0.15, -0.1) is 0 Å². The molecular formula is C14H20N2O. The molecule has 0 spiro atoms. The van der Waals surface area contributed by atoms with Gasteiger partial charge in [0.05, 0.1) is 12.2 Å². The van der Waals surface area contributed by atoms with Crippen molar-refractivity contribution < 1.29 is 4.74 Å². The highest BCUT2D eigenvalue weighted by Crippen LogP contribution is 2.21. The number of amidine groups is 1. The van der Waals surface area contributed by atoms with E-state index in [2.05, 4.69) is 4.90 Å². The van der Waals surface area contributed by atoms with E-state index in [1.807, 2.05) is 31.2 Å². The molecule has 1 aliphatic rings. The third kappa shape index (κ3) is 2.78. The van der Waals surface area contributed by atoms with Crippen molar-refractivity contribution in [3.05, 3.63) is 29.8 Å². The van der Waals surface area contributed by atoms with E-state index >= 15 is 0 Å². The van der Waals surface area contributed by atoms with Crippen molar-refractivity contribution in [2.45, 2.75) is 26.2 Å². The maximum absolute atomic E-state index is 8.29. The van der Waals surface area contributed by atoms with Gasteiger partial charge in [0.25, 0.3) is 0 Å². The summed E-state index contributed by atoms with van der Waals surface area (Å²) in [4.78, 5) is 2.15. The summed E-state index contributed by atoms with van der Waals surface area (Å²) in [5.41, 5.74) is 0.913. The second kappa shape index (κ2) is 5.71. The number of ether oxygens (including phenoxy) is 1. The Balaban J connectivity index is 2.17. The topological polar surface area (TPSA) is 36.3 Å². The fraction of sp³-hybridized carbons (Fsp3) is 0.500. The molecule has 1 heterocycles. The molecule has 3 heteroatoms. The molecule has 0 amide bonds. The van der Waals surface area contributed by atoms with E-state index in [-0.39, 0.29) is 0 Å². The van der Waals surface area contributed by atoms with Gasteiger partial charge >= 0.3 is 0 Å². The molecule has 0 aromatic heterocycles. The van der Waals surface area contributed by atoms with Gasteiger partial charge in [-0.05, 0) is 38.3 Å². The third-order valence-corrected chi connectivity index (χ3v) is 3.11. The minimum absolute atomic E-state index is 0.605. The Morgan fingerprint density at radius 1 is 1.24 bits per heavy atom. The third-order valence-electron chi connectivity index (χ3n) is 3.11. The van der Waals surface area contributed by atoms with Crippen LogP contribution in [0.4, 0.5) is 0 Å². The van der Waals surface area contributed by atoms with Gasteiger partial charge < -0.3 is 9.64 Å². The quantitative estimate of drug-likeness (QED) is 0.642. The predicted molar refractivity (Wildman–Crippen MR) is 69.9 cm³/mol. The number of likely N-dealkylation sites (tertiary alicyclic amines) is 1. The van der Waals surface area contributed by atoms with Crippen LogP contribution >= 0.6 is 0 Å². The maximum atomic E-state index is 8.29. The smallest absolute Gasteiger partial charge is 0.131 e. The van der Waals surface area contributed by atoms with E-state index < -0.39 is 0 Å². The lowest BCUT2D eigenvalue weighted by molar-refractivity contribution is 0.328. The number of benzene rings is 1. The van der Waals surface area contributed by atoms with Crippen LogP contribution in [-0.2, 0) is 0 Å². The molecule has 0 aliphatic carbocycles. The summed E-state index contributed by atoms with van der Waals surface area (Å²) in [6.45, 7) is 4.62. The van der Waals surface area contributed by atoms with Crippen molar-refractivity contribution in [3.8, 4) is 5.75 Å². The first-order valence-electron chi connectivity index (χ1n) is 6.38. The fourth-order valence-electron chi connectivity index (χ4n) is 2.23. The Bertz CT molecular complexity index is 384. The molecule has 1 saturated heterocycles. The zero-order valence-electron chi connectivity index (χ0n) is 10.4. The molecule has 0 unspecified atom stereocenters. The van der Waals surface area contributed by atoms with E-state index in [0.29, 0.717) is 12.4 Å². The van der Waals surface area contributed by atoms with Crippen LogP contribution in [0.3, 0.4) is 0 Å². The van der Waals surface area contributed by atoms with Crippen LogP contribution in [0, 0.1) is 5.41 Å². The molecule has 2 rings (SSSR count). The van der Waals surface area contributed by atoms with Gasteiger partial charge in [0.15, 0.2) is 0 Å². The summed E-state index contributed by atoms with van der Waals surface area (Å²) < 4.78 is 5.58. The number of piperidine rings is 1. The SMILES string of the molecule is CCOc1ccccc1C(=N)N1CCCCC1. The van der Waals surface area contributed by atoms with Gasteiger partial charge in [-0.25, -0.2) is 0 Å². The molecule has 3 nitrogen and oxygen atoms in total. The Hall–Kier alpha value is -1.51. The molecule has 1 aromatic carbocycles. The highest BCUT2D eigenvalue weighted by Gasteiger charge is 2.17. The first-order chi connectivity index (χ1) is 8.33. The average Bonchev–Trinajstić information content (AvgIpc) is 2.40. The number of hydrogen-bond acceptors (Lipinski definition) is 2. The highest BCUT2D eigenvalue weighted by molar-refractivity contribution is 5.98. The lowest BCUT2D eigenvalue weighted by Gasteiger charge is -2.29. The van der Waals surface area contributed by atoms with Crippen molar-refractivity contribution in [3.63, 3.8) is 0 Å². The number of nitrogens with one attached hydrogen (secondary N) is 1. The van der Waals surface area contributed by atoms with Crippen LogP contribution in [0.5, 0.6) is 5.75 Å². The van der Waals surface area contributed by atoms with Crippen LogP contribution in [0.1, 0.15) is 31.7 Å². The average molecular weight is 232 g/mol. The summed E-state index contributed by atoms with van der Waals surface area (Å²) in [6, 6.07) is 7.84. The van der Waals surface area contributed by atoms with Crippen LogP contribution < -0.4 is 4.74 Å². The predicted octanol–water partition coefficient (Wildman–Crippen LogP) is 2.90. The van der Waals surface area contributed by atoms with Gasteiger partial charge in [-0.3, -0.25) is 5.41 Å². The van der Waals surface area contributed by atoms with Crippen molar-refractivity contribution in [1.82, 2.24) is 4.90 Å². The van der Waals surface area contributed by atoms with Crippen molar-refractivity contribution in [1.29, 1.82) is 5.41 Å². The minimum atomic E-state index is 0.605. The summed E-state index contributed by atoms with van der Waals surface area (Å²) in [7, 11) is 0. The molecule has 1 aromatic rings. The van der Waals surface area contributed by atoms with Crippen molar-refractivity contribution in [2.24, 2.45) is 0 Å². The van der Waals surface area contributed by atoms with Crippen molar-refractivity contribution >= 4 is 5.84 Å². The Labute approximate surface area is 103 Å². The Kier molecular flexibility index (Phi) is 4.02. The Morgan fingerprint density at radius 3 is 2.65 bits per heavy atom. The molecule has 1 aliphatic heterocycles. The fourth-order valence-corrected chi connectivity index (χ4v) is 2.23. The molecule has 1 fully saturated rings. The van der Waals surface area contributed by atoms with Gasteiger partial charge in [0.1, 0.15) is 11.6 Å². The lowest BCUT2D eigenvalue weighted by atomic mass is 10.1. The molecule has 17 heavy (non-hydrogen) atoms.